The molecule has 0 radical (unpaired) electrons. The standard InChI is InChI=1S/C35H63ClN5O7PS/c1-3-5-7-9-11-13-14-16-18-20-22-50-26-28(45-21-19-17-15-12-10-8-6-4-2)24-46-49(43,44)47-25-30-29(42)23-31(48-30)41-27-38-32-33(37)39-35(36)40-34(32)41/h27-31,42H,3-26H2,1-2H3,(H,43,44)(H2,37,39,40)/t28?,29-,30+,31+/m0/s1. The average molecular weight is 764 g/mol. The fourth-order valence-electron chi connectivity index (χ4n) is 6.08. The van der Waals surface area contributed by atoms with E-state index in [1.807, 2.05) is 0 Å². The van der Waals surface area contributed by atoms with E-state index in [0.717, 1.165) is 25.0 Å². The van der Waals surface area contributed by atoms with E-state index in [0.29, 0.717) is 23.5 Å². The highest BCUT2D eigenvalue weighted by molar-refractivity contribution is 7.99. The molecule has 288 valence electrons. The molecule has 0 aromatic carbocycles. The zero-order valence-corrected chi connectivity index (χ0v) is 32.9. The number of imidazole rings is 1. The van der Waals surface area contributed by atoms with Crippen molar-refractivity contribution in [2.75, 3.05) is 37.1 Å². The topological polar surface area (TPSA) is 164 Å². The molecular weight excluding hydrogens is 701 g/mol. The van der Waals surface area contributed by atoms with Crippen LogP contribution in [0.2, 0.25) is 5.28 Å². The number of hydrogen-bond donors (Lipinski definition) is 3. The van der Waals surface area contributed by atoms with Crippen LogP contribution in [0, 0.1) is 0 Å². The molecule has 0 saturated carbocycles. The smallest absolute Gasteiger partial charge is 0.390 e. The van der Waals surface area contributed by atoms with Gasteiger partial charge in [-0.15, -0.1) is 0 Å². The monoisotopic (exact) mass is 763 g/mol. The van der Waals surface area contributed by atoms with Crippen molar-refractivity contribution >= 4 is 48.2 Å². The molecule has 1 aliphatic heterocycles. The second kappa shape index (κ2) is 25.1. The van der Waals surface area contributed by atoms with E-state index < -0.39 is 26.3 Å². The van der Waals surface area contributed by atoms with E-state index >= 15 is 0 Å². The fraction of sp³-hybridized carbons (Fsp3) is 0.857. The lowest BCUT2D eigenvalue weighted by atomic mass is 10.1. The molecule has 50 heavy (non-hydrogen) atoms. The van der Waals surface area contributed by atoms with E-state index in [-0.39, 0.29) is 36.8 Å². The van der Waals surface area contributed by atoms with Crippen LogP contribution in [0.15, 0.2) is 6.33 Å². The summed E-state index contributed by atoms with van der Waals surface area (Å²) in [4.78, 5) is 22.8. The van der Waals surface area contributed by atoms with Crippen molar-refractivity contribution < 1.29 is 33.1 Å². The summed E-state index contributed by atoms with van der Waals surface area (Å²) in [6.45, 7) is 4.67. The van der Waals surface area contributed by atoms with Crippen LogP contribution in [0.1, 0.15) is 142 Å². The molecule has 3 heterocycles. The molecule has 1 saturated heterocycles. The number of anilines is 1. The van der Waals surface area contributed by atoms with Gasteiger partial charge in [0.2, 0.25) is 5.28 Å². The zero-order valence-electron chi connectivity index (χ0n) is 30.4. The van der Waals surface area contributed by atoms with Gasteiger partial charge in [-0.3, -0.25) is 13.6 Å². The van der Waals surface area contributed by atoms with Crippen molar-refractivity contribution in [1.82, 2.24) is 19.5 Å². The number of aromatic nitrogens is 4. The first-order valence-electron chi connectivity index (χ1n) is 19.0. The van der Waals surface area contributed by atoms with Crippen molar-refractivity contribution in [1.29, 1.82) is 0 Å². The molecule has 2 aromatic heterocycles. The normalized spacial score (nSPS) is 19.7. The van der Waals surface area contributed by atoms with Crippen molar-refractivity contribution in [3.8, 4) is 0 Å². The van der Waals surface area contributed by atoms with Gasteiger partial charge in [0.15, 0.2) is 11.5 Å². The van der Waals surface area contributed by atoms with Gasteiger partial charge >= 0.3 is 7.82 Å². The first kappa shape index (κ1) is 43.4. The molecule has 1 aliphatic rings. The molecule has 3 rings (SSSR count). The summed E-state index contributed by atoms with van der Waals surface area (Å²) in [6, 6.07) is 0. The molecule has 0 aliphatic carbocycles. The number of halogens is 1. The summed E-state index contributed by atoms with van der Waals surface area (Å²) in [7, 11) is -4.44. The van der Waals surface area contributed by atoms with Crippen LogP contribution in [0.3, 0.4) is 0 Å². The highest BCUT2D eigenvalue weighted by Gasteiger charge is 2.38. The summed E-state index contributed by atoms with van der Waals surface area (Å²) in [5.41, 5.74) is 6.63. The third kappa shape index (κ3) is 16.8. The van der Waals surface area contributed by atoms with E-state index in [1.165, 1.54) is 103 Å². The number of unbranched alkanes of at least 4 members (excludes halogenated alkanes) is 16. The Hall–Kier alpha value is -1.02. The lowest BCUT2D eigenvalue weighted by molar-refractivity contribution is -0.0461. The molecule has 1 fully saturated rings. The number of hydrogen-bond acceptors (Lipinski definition) is 11. The number of ether oxygens (including phenoxy) is 2. The summed E-state index contributed by atoms with van der Waals surface area (Å²) in [6.07, 6.45) is 21.5. The number of aliphatic hydroxyl groups is 1. The summed E-state index contributed by atoms with van der Waals surface area (Å²) < 4.78 is 37.3. The summed E-state index contributed by atoms with van der Waals surface area (Å²) >= 11 is 7.78. The van der Waals surface area contributed by atoms with E-state index in [4.69, 9.17) is 35.9 Å². The molecule has 0 amide bonds. The zero-order chi connectivity index (χ0) is 36.0. The number of rotatable bonds is 30. The first-order valence-corrected chi connectivity index (χ1v) is 22.1. The number of nitrogen functional groups attached to an aromatic ring is 1. The molecule has 2 unspecified atom stereocenters. The molecule has 12 nitrogen and oxygen atoms in total. The Balaban J connectivity index is 1.39. The molecule has 5 atom stereocenters. The van der Waals surface area contributed by atoms with Gasteiger partial charge in [-0.1, -0.05) is 117 Å². The Labute approximate surface area is 308 Å². The third-order valence-electron chi connectivity index (χ3n) is 9.06. The highest BCUT2D eigenvalue weighted by atomic mass is 35.5. The van der Waals surface area contributed by atoms with Crippen LogP contribution in [0.4, 0.5) is 5.82 Å². The number of phosphoric acid groups is 1. The number of phosphoric ester groups is 1. The fourth-order valence-corrected chi connectivity index (χ4v) is 8.04. The molecule has 15 heteroatoms. The van der Waals surface area contributed by atoms with E-state index in [9.17, 15) is 14.6 Å². The van der Waals surface area contributed by atoms with Gasteiger partial charge in [0, 0.05) is 18.8 Å². The van der Waals surface area contributed by atoms with Gasteiger partial charge < -0.3 is 25.2 Å². The Morgan fingerprint density at radius 1 is 0.960 bits per heavy atom. The van der Waals surface area contributed by atoms with E-state index in [1.54, 1.807) is 16.3 Å². The SMILES string of the molecule is CCCCCCCCCCCCSCC(COP(=O)(O)OC[C@H]1O[C@@H](n2cnc3c(N)nc(Cl)nc32)C[C@@H]1O)OCCCCCCCCCC. The number of nitrogens with zero attached hydrogens (tertiary/aromatic N) is 4. The van der Waals surface area contributed by atoms with Gasteiger partial charge in [0.1, 0.15) is 17.8 Å². The van der Waals surface area contributed by atoms with Gasteiger partial charge in [0.25, 0.3) is 0 Å². The van der Waals surface area contributed by atoms with Crippen LogP contribution in [0.25, 0.3) is 11.2 Å². The molecule has 4 N–H and O–H groups in total. The minimum atomic E-state index is -4.44. The van der Waals surface area contributed by atoms with Crippen molar-refractivity contribution in [2.24, 2.45) is 0 Å². The van der Waals surface area contributed by atoms with Crippen molar-refractivity contribution in [3.63, 3.8) is 0 Å². The average Bonchev–Trinajstić information content (AvgIpc) is 3.68. The molecule has 0 bridgehead atoms. The Morgan fingerprint density at radius 3 is 2.20 bits per heavy atom. The van der Waals surface area contributed by atoms with Gasteiger partial charge in [-0.2, -0.15) is 21.7 Å². The number of fused-ring (bicyclic) bond motifs is 1. The second-order valence-electron chi connectivity index (χ2n) is 13.4. The predicted octanol–water partition coefficient (Wildman–Crippen LogP) is 9.02. The van der Waals surface area contributed by atoms with Crippen molar-refractivity contribution in [2.45, 2.75) is 160 Å². The lowest BCUT2D eigenvalue weighted by Crippen LogP contribution is -2.27. The maximum absolute atomic E-state index is 12.9. The summed E-state index contributed by atoms with van der Waals surface area (Å²) in [5, 5.41) is 10.6. The van der Waals surface area contributed by atoms with Gasteiger partial charge in [-0.05, 0) is 30.2 Å². The molecule has 0 spiro atoms. The van der Waals surface area contributed by atoms with E-state index in [2.05, 4.69) is 28.8 Å². The maximum atomic E-state index is 12.9. The minimum Gasteiger partial charge on any atom is -0.390 e. The van der Waals surface area contributed by atoms with Gasteiger partial charge in [-0.25, -0.2) is 9.55 Å². The Kier molecular flexibility index (Phi) is 21.8. The molecule has 2 aromatic rings. The number of aliphatic hydroxyl groups excluding tert-OH is 1. The van der Waals surface area contributed by atoms with Crippen LogP contribution in [-0.4, -0.2) is 79.2 Å². The van der Waals surface area contributed by atoms with Crippen LogP contribution in [0.5, 0.6) is 0 Å². The predicted molar refractivity (Wildman–Crippen MR) is 203 cm³/mol. The lowest BCUT2D eigenvalue weighted by Gasteiger charge is -2.21. The van der Waals surface area contributed by atoms with Crippen molar-refractivity contribution in [3.05, 3.63) is 11.6 Å². The van der Waals surface area contributed by atoms with Gasteiger partial charge in [0.05, 0.1) is 31.7 Å². The second-order valence-corrected chi connectivity index (χ2v) is 16.4. The Morgan fingerprint density at radius 2 is 1.56 bits per heavy atom. The minimum absolute atomic E-state index is 0.0363. The Bertz CT molecular complexity index is 1250. The first-order chi connectivity index (χ1) is 24.2. The highest BCUT2D eigenvalue weighted by Crippen LogP contribution is 2.45. The van der Waals surface area contributed by atoms with Crippen LogP contribution < -0.4 is 5.73 Å². The largest absolute Gasteiger partial charge is 0.472 e. The number of nitrogens with two attached hydrogens (primary N) is 1. The van der Waals surface area contributed by atoms with Crippen LogP contribution in [-0.2, 0) is 23.1 Å². The summed E-state index contributed by atoms with van der Waals surface area (Å²) in [5.74, 6) is 1.83. The number of thioether (sulfide) groups is 1. The van der Waals surface area contributed by atoms with Crippen LogP contribution >= 0.6 is 31.2 Å². The quantitative estimate of drug-likeness (QED) is 0.0394. The molecular formula is C35H63ClN5O7PS. The maximum Gasteiger partial charge on any atom is 0.472 e. The third-order valence-corrected chi connectivity index (χ3v) is 11.4.